The molecule has 0 spiro atoms. The average molecular weight is 545 g/mol. The third kappa shape index (κ3) is 6.22. The Labute approximate surface area is 236 Å². The van der Waals surface area contributed by atoms with Crippen LogP contribution < -0.4 is 4.74 Å². The maximum absolute atomic E-state index is 15.3. The van der Waals surface area contributed by atoms with Gasteiger partial charge in [0.2, 0.25) is 5.82 Å². The molecule has 0 saturated heterocycles. The minimum Gasteiger partial charge on any atom is -0.490 e. The molecule has 5 rings (SSSR count). The summed E-state index contributed by atoms with van der Waals surface area (Å²) in [6.07, 6.45) is 14.3. The molecule has 2 saturated carbocycles. The molecule has 2 aliphatic carbocycles. The summed E-state index contributed by atoms with van der Waals surface area (Å²) in [5, 5.41) is 0. The van der Waals surface area contributed by atoms with Crippen LogP contribution >= 0.6 is 0 Å². The number of allylic oxidation sites excluding steroid dienone is 1. The van der Waals surface area contributed by atoms with Gasteiger partial charge in [0, 0.05) is 11.1 Å². The molecule has 0 bridgehead atoms. The van der Waals surface area contributed by atoms with Crippen molar-refractivity contribution >= 4 is 0 Å². The predicted molar refractivity (Wildman–Crippen MR) is 158 cm³/mol. The highest BCUT2D eigenvalue weighted by Crippen LogP contribution is 2.44. The predicted octanol–water partition coefficient (Wildman–Crippen LogP) is 10.7. The van der Waals surface area contributed by atoms with E-state index in [9.17, 15) is 8.78 Å². The van der Waals surface area contributed by atoms with Crippen LogP contribution in [0.1, 0.15) is 69.3 Å². The number of hydrogen-bond donors (Lipinski definition) is 0. The summed E-state index contributed by atoms with van der Waals surface area (Å²) in [6.45, 7) is 7.80. The molecule has 210 valence electrons. The van der Waals surface area contributed by atoms with E-state index in [1.807, 2.05) is 6.07 Å². The molecule has 3 aromatic carbocycles. The number of ether oxygens (including phenoxy) is 1. The molecule has 0 aromatic heterocycles. The molecular formula is C36H39F3O. The van der Waals surface area contributed by atoms with Crippen molar-refractivity contribution in [3.63, 3.8) is 0 Å². The number of benzene rings is 3. The monoisotopic (exact) mass is 544 g/mol. The van der Waals surface area contributed by atoms with Gasteiger partial charge in [-0.3, -0.25) is 0 Å². The zero-order valence-corrected chi connectivity index (χ0v) is 23.2. The van der Waals surface area contributed by atoms with Crippen LogP contribution in [0.2, 0.25) is 0 Å². The molecule has 0 unspecified atom stereocenters. The molecule has 0 heterocycles. The molecule has 1 nitrogen and oxygen atoms in total. The fourth-order valence-corrected chi connectivity index (χ4v) is 6.74. The Balaban J connectivity index is 1.23. The first-order chi connectivity index (χ1) is 19.5. The summed E-state index contributed by atoms with van der Waals surface area (Å²) in [4.78, 5) is 0. The van der Waals surface area contributed by atoms with Gasteiger partial charge in [-0.2, -0.15) is 4.39 Å². The van der Waals surface area contributed by atoms with Crippen LogP contribution in [0, 0.1) is 35.2 Å². The van der Waals surface area contributed by atoms with Gasteiger partial charge in [0.25, 0.3) is 0 Å². The van der Waals surface area contributed by atoms with Crippen molar-refractivity contribution in [2.45, 2.75) is 63.7 Å². The van der Waals surface area contributed by atoms with E-state index in [1.54, 1.807) is 36.4 Å². The summed E-state index contributed by atoms with van der Waals surface area (Å²) in [5.74, 6) is 0.433. The van der Waals surface area contributed by atoms with Crippen LogP contribution in [0.3, 0.4) is 0 Å². The van der Waals surface area contributed by atoms with Gasteiger partial charge in [0.1, 0.15) is 5.82 Å². The van der Waals surface area contributed by atoms with Gasteiger partial charge in [0.15, 0.2) is 11.6 Å². The van der Waals surface area contributed by atoms with Crippen molar-refractivity contribution in [2.24, 2.45) is 17.8 Å². The lowest BCUT2D eigenvalue weighted by Crippen LogP contribution is -2.25. The van der Waals surface area contributed by atoms with E-state index in [1.165, 1.54) is 50.7 Å². The van der Waals surface area contributed by atoms with Crippen LogP contribution in [0.5, 0.6) is 5.75 Å². The van der Waals surface area contributed by atoms with Gasteiger partial charge in [0.05, 0.1) is 6.61 Å². The number of rotatable bonds is 9. The Kier molecular flexibility index (Phi) is 9.14. The van der Waals surface area contributed by atoms with Gasteiger partial charge in [-0.1, -0.05) is 48.6 Å². The molecule has 4 heteroatoms. The summed E-state index contributed by atoms with van der Waals surface area (Å²) >= 11 is 0. The van der Waals surface area contributed by atoms with E-state index in [0.29, 0.717) is 34.9 Å². The van der Waals surface area contributed by atoms with Gasteiger partial charge >= 0.3 is 0 Å². The minimum atomic E-state index is -1.01. The van der Waals surface area contributed by atoms with Gasteiger partial charge < -0.3 is 4.74 Å². The standard InChI is InChI=1S/C36H39F3O/c1-3-5-22-40-34-21-20-32(35(38)36(34)39)29-16-14-28(15-17-29)31-19-18-30(23-33(31)37)27-12-10-26(11-13-27)25-8-6-24(4-2)7-9-25/h3-4,14-21,23-27H,1-2,5-13,22H2. The van der Waals surface area contributed by atoms with Crippen LogP contribution in [0.4, 0.5) is 13.2 Å². The maximum atomic E-state index is 15.3. The Hall–Kier alpha value is -3.27. The summed E-state index contributed by atoms with van der Waals surface area (Å²) in [7, 11) is 0. The quantitative estimate of drug-likeness (QED) is 0.192. The Morgan fingerprint density at radius 3 is 1.90 bits per heavy atom. The van der Waals surface area contributed by atoms with E-state index in [-0.39, 0.29) is 23.7 Å². The second kappa shape index (κ2) is 12.9. The molecule has 3 aromatic rings. The third-order valence-corrected chi connectivity index (χ3v) is 9.19. The lowest BCUT2D eigenvalue weighted by molar-refractivity contribution is 0.171. The zero-order chi connectivity index (χ0) is 28.1. The Morgan fingerprint density at radius 2 is 1.30 bits per heavy atom. The second-order valence-corrected chi connectivity index (χ2v) is 11.5. The number of hydrogen-bond acceptors (Lipinski definition) is 1. The van der Waals surface area contributed by atoms with Crippen LogP contribution in [0.15, 0.2) is 79.9 Å². The highest BCUT2D eigenvalue weighted by atomic mass is 19.2. The number of halogens is 3. The molecule has 2 fully saturated rings. The minimum absolute atomic E-state index is 0.119. The van der Waals surface area contributed by atoms with Crippen LogP contribution in [-0.4, -0.2) is 6.61 Å². The van der Waals surface area contributed by atoms with E-state index in [4.69, 9.17) is 4.74 Å². The van der Waals surface area contributed by atoms with E-state index >= 15 is 4.39 Å². The van der Waals surface area contributed by atoms with Gasteiger partial charge in [-0.15, -0.1) is 13.2 Å². The Bertz CT molecular complexity index is 1310. The largest absolute Gasteiger partial charge is 0.490 e. The molecule has 0 atom stereocenters. The van der Waals surface area contributed by atoms with Crippen molar-refractivity contribution in [3.05, 3.63) is 103 Å². The van der Waals surface area contributed by atoms with Crippen LogP contribution in [0.25, 0.3) is 22.3 Å². The van der Waals surface area contributed by atoms with E-state index in [0.717, 1.165) is 30.2 Å². The normalized spacial score (nSPS) is 23.0. The molecule has 0 N–H and O–H groups in total. The average Bonchev–Trinajstić information content (AvgIpc) is 3.00. The van der Waals surface area contributed by atoms with E-state index < -0.39 is 11.6 Å². The Morgan fingerprint density at radius 1 is 0.700 bits per heavy atom. The van der Waals surface area contributed by atoms with Crippen molar-refractivity contribution in [2.75, 3.05) is 6.61 Å². The molecule has 2 aliphatic rings. The summed E-state index contributed by atoms with van der Waals surface area (Å²) in [5.41, 5.74) is 2.96. The van der Waals surface area contributed by atoms with Gasteiger partial charge in [-0.25, -0.2) is 8.78 Å². The third-order valence-electron chi connectivity index (χ3n) is 9.19. The smallest absolute Gasteiger partial charge is 0.201 e. The highest BCUT2D eigenvalue weighted by Gasteiger charge is 2.31. The fraction of sp³-hybridized carbons (Fsp3) is 0.389. The van der Waals surface area contributed by atoms with Crippen molar-refractivity contribution in [1.29, 1.82) is 0 Å². The first-order valence-electron chi connectivity index (χ1n) is 14.7. The first-order valence-corrected chi connectivity index (χ1v) is 14.7. The maximum Gasteiger partial charge on any atom is 0.201 e. The molecular weight excluding hydrogens is 505 g/mol. The summed E-state index contributed by atoms with van der Waals surface area (Å²) in [6, 6.07) is 15.5. The van der Waals surface area contributed by atoms with Crippen LogP contribution in [-0.2, 0) is 0 Å². The molecule has 0 aliphatic heterocycles. The molecule has 40 heavy (non-hydrogen) atoms. The fourth-order valence-electron chi connectivity index (χ4n) is 6.74. The summed E-state index contributed by atoms with van der Waals surface area (Å²) < 4.78 is 49.9. The second-order valence-electron chi connectivity index (χ2n) is 11.5. The van der Waals surface area contributed by atoms with Crippen molar-refractivity contribution in [3.8, 4) is 28.0 Å². The first kappa shape index (κ1) is 28.3. The lowest BCUT2D eigenvalue weighted by atomic mass is 9.68. The highest BCUT2D eigenvalue weighted by molar-refractivity contribution is 5.71. The van der Waals surface area contributed by atoms with Crippen molar-refractivity contribution < 1.29 is 17.9 Å². The zero-order valence-electron chi connectivity index (χ0n) is 23.2. The van der Waals surface area contributed by atoms with Gasteiger partial charge in [-0.05, 0) is 116 Å². The molecule has 0 amide bonds. The SMILES string of the molecule is C=CCCOc1ccc(-c2ccc(-c3ccc(C4CCC(C5CCC(C=C)CC5)CC4)cc3F)cc2)c(F)c1F. The van der Waals surface area contributed by atoms with E-state index in [2.05, 4.69) is 25.3 Å². The van der Waals surface area contributed by atoms with Crippen molar-refractivity contribution in [1.82, 2.24) is 0 Å². The topological polar surface area (TPSA) is 9.23 Å². The lowest BCUT2D eigenvalue weighted by Gasteiger charge is -2.37. The molecule has 0 radical (unpaired) electrons.